The van der Waals surface area contributed by atoms with Crippen molar-refractivity contribution in [3.8, 4) is 0 Å². The quantitative estimate of drug-likeness (QED) is 0.683. The Morgan fingerprint density at radius 1 is 1.08 bits per heavy atom. The van der Waals surface area contributed by atoms with Gasteiger partial charge in [-0.25, -0.2) is 13.6 Å². The van der Waals surface area contributed by atoms with E-state index in [1.165, 1.54) is 6.07 Å². The number of Topliss-reactive ketones (excluding diaryl/α,β-unsaturated/α-hetero) is 1. The summed E-state index contributed by atoms with van der Waals surface area (Å²) >= 11 is 0. The van der Waals surface area contributed by atoms with Crippen LogP contribution in [0, 0.1) is 11.6 Å². The number of halogens is 2. The summed E-state index contributed by atoms with van der Waals surface area (Å²) in [4.78, 5) is 35.6. The Bertz CT molecular complexity index is 895. The van der Waals surface area contributed by atoms with Gasteiger partial charge < -0.3 is 10.1 Å². The van der Waals surface area contributed by atoms with E-state index in [0.717, 1.165) is 12.1 Å². The summed E-state index contributed by atoms with van der Waals surface area (Å²) in [5, 5.41) is 2.69. The van der Waals surface area contributed by atoms with Gasteiger partial charge in [0.05, 0.1) is 11.5 Å². The van der Waals surface area contributed by atoms with Crippen molar-refractivity contribution in [3.63, 3.8) is 0 Å². The van der Waals surface area contributed by atoms with Crippen LogP contribution in [0.2, 0.25) is 0 Å². The first-order valence-electron chi connectivity index (χ1n) is 7.47. The van der Waals surface area contributed by atoms with Gasteiger partial charge in [-0.05, 0) is 48.9 Å². The minimum Gasteiger partial charge on any atom is -0.454 e. The SMILES string of the molecule is C[C@@H]1C(=O)Nc2ccc(C(=O)COC(=O)c3ccc(F)c(F)c3)cc21. The number of carbonyl (C=O) groups is 3. The average molecular weight is 345 g/mol. The third kappa shape index (κ3) is 3.26. The van der Waals surface area contributed by atoms with Gasteiger partial charge in [-0.2, -0.15) is 0 Å². The molecule has 2 aromatic rings. The maximum Gasteiger partial charge on any atom is 0.338 e. The Morgan fingerprint density at radius 2 is 1.80 bits per heavy atom. The van der Waals surface area contributed by atoms with Crippen LogP contribution in [0.3, 0.4) is 0 Å². The molecule has 0 unspecified atom stereocenters. The van der Waals surface area contributed by atoms with E-state index in [4.69, 9.17) is 4.74 Å². The maximum atomic E-state index is 13.1. The number of benzene rings is 2. The minimum absolute atomic E-state index is 0.149. The highest BCUT2D eigenvalue weighted by Gasteiger charge is 2.27. The molecule has 0 aromatic heterocycles. The Labute approximate surface area is 141 Å². The van der Waals surface area contributed by atoms with Crippen LogP contribution in [0.25, 0.3) is 0 Å². The van der Waals surface area contributed by atoms with Crippen molar-refractivity contribution in [1.82, 2.24) is 0 Å². The predicted octanol–water partition coefficient (Wildman–Crippen LogP) is 3.06. The molecule has 1 atom stereocenters. The lowest BCUT2D eigenvalue weighted by Gasteiger charge is -2.07. The lowest BCUT2D eigenvalue weighted by atomic mass is 9.99. The van der Waals surface area contributed by atoms with Crippen molar-refractivity contribution in [2.24, 2.45) is 0 Å². The van der Waals surface area contributed by atoms with E-state index >= 15 is 0 Å². The minimum atomic E-state index is -1.18. The molecule has 2 aromatic carbocycles. The van der Waals surface area contributed by atoms with Crippen LogP contribution in [0.15, 0.2) is 36.4 Å². The third-order valence-electron chi connectivity index (χ3n) is 3.98. The summed E-state index contributed by atoms with van der Waals surface area (Å²) in [7, 11) is 0. The van der Waals surface area contributed by atoms with E-state index in [1.54, 1.807) is 19.1 Å². The molecule has 0 spiro atoms. The van der Waals surface area contributed by atoms with Gasteiger partial charge >= 0.3 is 5.97 Å². The van der Waals surface area contributed by atoms with Crippen LogP contribution in [0.1, 0.15) is 39.1 Å². The molecule has 1 amide bonds. The number of amides is 1. The predicted molar refractivity (Wildman–Crippen MR) is 84.5 cm³/mol. The number of fused-ring (bicyclic) bond motifs is 1. The molecule has 1 N–H and O–H groups in total. The van der Waals surface area contributed by atoms with Crippen molar-refractivity contribution in [2.45, 2.75) is 12.8 Å². The number of esters is 1. The van der Waals surface area contributed by atoms with Gasteiger partial charge in [-0.1, -0.05) is 0 Å². The van der Waals surface area contributed by atoms with Crippen LogP contribution in [0.4, 0.5) is 14.5 Å². The molecule has 1 aliphatic heterocycles. The van der Waals surface area contributed by atoms with Crippen LogP contribution >= 0.6 is 0 Å². The molecule has 3 rings (SSSR count). The first kappa shape index (κ1) is 16.8. The normalized spacial score (nSPS) is 15.5. The molecular formula is C18H13F2NO4. The monoisotopic (exact) mass is 345 g/mol. The van der Waals surface area contributed by atoms with Crippen LogP contribution in [-0.4, -0.2) is 24.3 Å². The van der Waals surface area contributed by atoms with E-state index in [1.807, 2.05) is 0 Å². The summed E-state index contributed by atoms with van der Waals surface area (Å²) in [6, 6.07) is 7.29. The largest absolute Gasteiger partial charge is 0.454 e. The number of rotatable bonds is 4. The van der Waals surface area contributed by atoms with Gasteiger partial charge in [-0.3, -0.25) is 9.59 Å². The highest BCUT2D eigenvalue weighted by atomic mass is 19.2. The van der Waals surface area contributed by atoms with Crippen LogP contribution in [-0.2, 0) is 9.53 Å². The number of ketones is 1. The summed E-state index contributed by atoms with van der Waals surface area (Å²) < 4.78 is 30.8. The zero-order valence-corrected chi connectivity index (χ0v) is 13.1. The Morgan fingerprint density at radius 3 is 2.52 bits per heavy atom. The number of carbonyl (C=O) groups excluding carboxylic acids is 3. The van der Waals surface area contributed by atoms with E-state index in [9.17, 15) is 23.2 Å². The van der Waals surface area contributed by atoms with Gasteiger partial charge in [0, 0.05) is 11.3 Å². The molecule has 1 aliphatic rings. The second kappa shape index (κ2) is 6.43. The third-order valence-corrected chi connectivity index (χ3v) is 3.98. The number of nitrogens with one attached hydrogen (secondary N) is 1. The smallest absolute Gasteiger partial charge is 0.338 e. The van der Waals surface area contributed by atoms with Crippen molar-refractivity contribution in [3.05, 3.63) is 64.7 Å². The summed E-state index contributed by atoms with van der Waals surface area (Å²) in [6.45, 7) is 1.17. The summed E-state index contributed by atoms with van der Waals surface area (Å²) in [5.74, 6) is -4.17. The Kier molecular flexibility index (Phi) is 4.31. The first-order valence-corrected chi connectivity index (χ1v) is 7.47. The van der Waals surface area contributed by atoms with Gasteiger partial charge in [0.1, 0.15) is 0 Å². The molecule has 7 heteroatoms. The van der Waals surface area contributed by atoms with Crippen molar-refractivity contribution in [1.29, 1.82) is 0 Å². The second-order valence-electron chi connectivity index (χ2n) is 5.64. The van der Waals surface area contributed by atoms with Crippen molar-refractivity contribution >= 4 is 23.3 Å². The van der Waals surface area contributed by atoms with Crippen LogP contribution in [0.5, 0.6) is 0 Å². The highest BCUT2D eigenvalue weighted by Crippen LogP contribution is 2.32. The van der Waals surface area contributed by atoms with E-state index < -0.39 is 30.0 Å². The summed E-state index contributed by atoms with van der Waals surface area (Å²) in [6.07, 6.45) is 0. The van der Waals surface area contributed by atoms with Crippen molar-refractivity contribution in [2.75, 3.05) is 11.9 Å². The number of hydrogen-bond donors (Lipinski definition) is 1. The maximum absolute atomic E-state index is 13.1. The molecule has 0 aliphatic carbocycles. The number of hydrogen-bond acceptors (Lipinski definition) is 4. The van der Waals surface area contributed by atoms with E-state index in [-0.39, 0.29) is 17.4 Å². The van der Waals surface area contributed by atoms with Gasteiger partial charge in [-0.15, -0.1) is 0 Å². The number of anilines is 1. The Balaban J connectivity index is 1.68. The van der Waals surface area contributed by atoms with Crippen LogP contribution < -0.4 is 5.32 Å². The summed E-state index contributed by atoms with van der Waals surface area (Å²) in [5.41, 5.74) is 1.44. The average Bonchev–Trinajstić information content (AvgIpc) is 2.88. The molecule has 0 fully saturated rings. The fourth-order valence-corrected chi connectivity index (χ4v) is 2.51. The van der Waals surface area contributed by atoms with Crippen molar-refractivity contribution < 1.29 is 27.9 Å². The second-order valence-corrected chi connectivity index (χ2v) is 5.64. The van der Waals surface area contributed by atoms with Gasteiger partial charge in [0.2, 0.25) is 5.91 Å². The first-order chi connectivity index (χ1) is 11.9. The molecule has 0 saturated carbocycles. The number of ether oxygens (including phenoxy) is 1. The molecule has 5 nitrogen and oxygen atoms in total. The fraction of sp³-hybridized carbons (Fsp3) is 0.167. The fourth-order valence-electron chi connectivity index (χ4n) is 2.51. The zero-order valence-electron chi connectivity index (χ0n) is 13.1. The molecule has 0 saturated heterocycles. The molecule has 128 valence electrons. The standard InChI is InChI=1S/C18H13F2NO4/c1-9-12-6-10(3-5-15(12)21-17(9)23)16(22)8-25-18(24)11-2-4-13(19)14(20)7-11/h2-7,9H,8H2,1H3,(H,21,23)/t9-/m0/s1. The molecule has 1 heterocycles. The molecule has 25 heavy (non-hydrogen) atoms. The van der Waals surface area contributed by atoms with Gasteiger partial charge in [0.25, 0.3) is 0 Å². The molecular weight excluding hydrogens is 332 g/mol. The molecule has 0 bridgehead atoms. The Hall–Kier alpha value is -3.09. The molecule has 0 radical (unpaired) electrons. The van der Waals surface area contributed by atoms with E-state index in [0.29, 0.717) is 22.9 Å². The zero-order chi connectivity index (χ0) is 18.1. The highest BCUT2D eigenvalue weighted by molar-refractivity contribution is 6.05. The lowest BCUT2D eigenvalue weighted by molar-refractivity contribution is -0.116. The topological polar surface area (TPSA) is 72.5 Å². The lowest BCUT2D eigenvalue weighted by Crippen LogP contribution is -2.15. The van der Waals surface area contributed by atoms with E-state index in [2.05, 4.69) is 5.32 Å². The van der Waals surface area contributed by atoms with Gasteiger partial charge in [0.15, 0.2) is 24.0 Å².